The number of halogens is 3. The molecule has 3 aromatic rings. The van der Waals surface area contributed by atoms with Gasteiger partial charge in [-0.2, -0.15) is 28.2 Å². The number of aliphatic hydroxyl groups excluding tert-OH is 1. The SMILES string of the molecule is CCOC(=O)[C@H](C)NP(=O)(OC[C@H]1O[C@@H](n2cnc3c(NC4CC4)nc(N)nc32)[C@@H](C(F)(F)F)[C@@H]1O)Oc1ccccc1. The smallest absolute Gasteiger partial charge is 0.459 e. The molecular weight excluding hydrogens is 598 g/mol. The van der Waals surface area contributed by atoms with E-state index in [2.05, 4.69) is 25.4 Å². The molecule has 234 valence electrons. The lowest BCUT2D eigenvalue weighted by Crippen LogP contribution is -2.39. The molecule has 0 spiro atoms. The van der Waals surface area contributed by atoms with Crippen LogP contribution in [0.15, 0.2) is 36.7 Å². The van der Waals surface area contributed by atoms with Gasteiger partial charge in [0.1, 0.15) is 23.8 Å². The Labute approximate surface area is 243 Å². The molecular formula is C25H31F3N7O7P. The number of benzene rings is 1. The lowest BCUT2D eigenvalue weighted by Gasteiger charge is -2.25. The Kier molecular flexibility index (Phi) is 8.81. The molecule has 2 aromatic heterocycles. The first-order valence-electron chi connectivity index (χ1n) is 13.5. The highest BCUT2D eigenvalue weighted by Crippen LogP contribution is 2.49. The molecule has 0 radical (unpaired) electrons. The number of anilines is 2. The molecule has 5 rings (SSSR count). The lowest BCUT2D eigenvalue weighted by atomic mass is 9.99. The van der Waals surface area contributed by atoms with Crippen molar-refractivity contribution >= 4 is 36.6 Å². The zero-order chi connectivity index (χ0) is 30.9. The van der Waals surface area contributed by atoms with E-state index in [0.717, 1.165) is 23.7 Å². The second-order valence-corrected chi connectivity index (χ2v) is 11.8. The minimum atomic E-state index is -4.94. The van der Waals surface area contributed by atoms with Gasteiger partial charge in [0.25, 0.3) is 0 Å². The maximum atomic E-state index is 14.3. The van der Waals surface area contributed by atoms with Crippen molar-refractivity contribution in [1.82, 2.24) is 24.6 Å². The number of carbonyl (C=O) groups excluding carboxylic acids is 1. The molecule has 3 heterocycles. The fourth-order valence-electron chi connectivity index (χ4n) is 4.56. The summed E-state index contributed by atoms with van der Waals surface area (Å²) < 4.78 is 79.3. The first-order valence-corrected chi connectivity index (χ1v) is 15.0. The van der Waals surface area contributed by atoms with E-state index in [-0.39, 0.29) is 41.3 Å². The van der Waals surface area contributed by atoms with Crippen LogP contribution in [-0.2, 0) is 23.4 Å². The summed E-state index contributed by atoms with van der Waals surface area (Å²) in [5.74, 6) is -3.05. The van der Waals surface area contributed by atoms with Gasteiger partial charge < -0.3 is 30.2 Å². The summed E-state index contributed by atoms with van der Waals surface area (Å²) in [6.45, 7) is 2.18. The number of esters is 1. The predicted molar refractivity (Wildman–Crippen MR) is 146 cm³/mol. The fourth-order valence-corrected chi connectivity index (χ4v) is 6.06. The maximum Gasteiger partial charge on any atom is 0.459 e. The third-order valence-corrected chi connectivity index (χ3v) is 8.39. The van der Waals surface area contributed by atoms with E-state index in [1.54, 1.807) is 25.1 Å². The minimum Gasteiger partial charge on any atom is -0.465 e. The van der Waals surface area contributed by atoms with Gasteiger partial charge in [-0.25, -0.2) is 9.55 Å². The van der Waals surface area contributed by atoms with Crippen LogP contribution < -0.4 is 20.7 Å². The zero-order valence-corrected chi connectivity index (χ0v) is 24.0. The number of fused-ring (bicyclic) bond motifs is 1. The third kappa shape index (κ3) is 7.02. The van der Waals surface area contributed by atoms with Crippen molar-refractivity contribution < 1.29 is 46.2 Å². The molecule has 5 N–H and O–H groups in total. The van der Waals surface area contributed by atoms with Crippen LogP contribution in [0.3, 0.4) is 0 Å². The molecule has 18 heteroatoms. The Morgan fingerprint density at radius 3 is 2.65 bits per heavy atom. The van der Waals surface area contributed by atoms with Crippen LogP contribution in [0.5, 0.6) is 5.75 Å². The molecule has 1 aliphatic heterocycles. The number of aliphatic hydroxyl groups is 1. The Morgan fingerprint density at radius 2 is 2.00 bits per heavy atom. The summed E-state index contributed by atoms with van der Waals surface area (Å²) >= 11 is 0. The number of aromatic nitrogens is 4. The quantitative estimate of drug-likeness (QED) is 0.169. The summed E-state index contributed by atoms with van der Waals surface area (Å²) in [4.78, 5) is 24.6. The molecule has 43 heavy (non-hydrogen) atoms. The topological polar surface area (TPSA) is 185 Å². The van der Waals surface area contributed by atoms with E-state index in [9.17, 15) is 27.6 Å². The second kappa shape index (κ2) is 12.2. The van der Waals surface area contributed by atoms with Crippen molar-refractivity contribution in [3.05, 3.63) is 36.7 Å². The average molecular weight is 630 g/mol. The highest BCUT2D eigenvalue weighted by Gasteiger charge is 2.59. The second-order valence-electron chi connectivity index (χ2n) is 10.1. The number of nitrogens with one attached hydrogen (secondary N) is 2. The molecule has 1 unspecified atom stereocenters. The Hall–Kier alpha value is -3.50. The number of ether oxygens (including phenoxy) is 2. The van der Waals surface area contributed by atoms with Crippen molar-refractivity contribution in [3.63, 3.8) is 0 Å². The average Bonchev–Trinajstić information content (AvgIpc) is 3.54. The molecule has 2 aliphatic rings. The number of rotatable bonds is 12. The van der Waals surface area contributed by atoms with Crippen molar-refractivity contribution in [3.8, 4) is 5.75 Å². The first kappa shape index (κ1) is 30.9. The Morgan fingerprint density at radius 1 is 1.28 bits per heavy atom. The minimum absolute atomic E-state index is 0.0355. The lowest BCUT2D eigenvalue weighted by molar-refractivity contribution is -0.210. The van der Waals surface area contributed by atoms with E-state index >= 15 is 0 Å². The number of para-hydroxylation sites is 1. The van der Waals surface area contributed by atoms with E-state index in [1.807, 2.05) is 0 Å². The van der Waals surface area contributed by atoms with E-state index in [1.165, 1.54) is 19.1 Å². The largest absolute Gasteiger partial charge is 0.465 e. The third-order valence-electron chi connectivity index (χ3n) is 6.75. The van der Waals surface area contributed by atoms with Gasteiger partial charge in [0.2, 0.25) is 5.95 Å². The number of nitrogens with two attached hydrogens (primary N) is 1. The molecule has 6 atom stereocenters. The number of nitrogens with zero attached hydrogens (tertiary/aromatic N) is 4. The van der Waals surface area contributed by atoms with Crippen LogP contribution in [-0.4, -0.2) is 74.3 Å². The normalized spacial score (nSPS) is 24.4. The first-order chi connectivity index (χ1) is 20.4. The van der Waals surface area contributed by atoms with Gasteiger partial charge in [-0.15, -0.1) is 0 Å². The van der Waals surface area contributed by atoms with Crippen molar-refractivity contribution in [2.24, 2.45) is 5.92 Å². The maximum absolute atomic E-state index is 14.3. The molecule has 0 bridgehead atoms. The molecule has 14 nitrogen and oxygen atoms in total. The summed E-state index contributed by atoms with van der Waals surface area (Å²) in [7, 11) is -4.44. The molecule has 1 saturated heterocycles. The van der Waals surface area contributed by atoms with Crippen LogP contribution in [0.4, 0.5) is 24.9 Å². The summed E-state index contributed by atoms with van der Waals surface area (Å²) in [6, 6.07) is 6.76. The molecule has 1 aliphatic carbocycles. The van der Waals surface area contributed by atoms with Gasteiger partial charge in [-0.3, -0.25) is 13.9 Å². The fraction of sp³-hybridized carbons (Fsp3) is 0.520. The van der Waals surface area contributed by atoms with Gasteiger partial charge in [0.15, 0.2) is 23.2 Å². The van der Waals surface area contributed by atoms with Crippen LogP contribution in [0.1, 0.15) is 32.9 Å². The van der Waals surface area contributed by atoms with Crippen LogP contribution in [0.25, 0.3) is 11.2 Å². The molecule has 1 saturated carbocycles. The van der Waals surface area contributed by atoms with Crippen LogP contribution in [0, 0.1) is 5.92 Å². The van der Waals surface area contributed by atoms with Crippen molar-refractivity contribution in [2.75, 3.05) is 24.3 Å². The van der Waals surface area contributed by atoms with Crippen molar-refractivity contribution in [1.29, 1.82) is 0 Å². The highest BCUT2D eigenvalue weighted by molar-refractivity contribution is 7.52. The Bertz CT molecular complexity index is 1490. The molecule has 0 amide bonds. The van der Waals surface area contributed by atoms with E-state index in [0.29, 0.717) is 0 Å². The summed E-state index contributed by atoms with van der Waals surface area (Å²) in [5.41, 5.74) is 5.98. The van der Waals surface area contributed by atoms with Crippen LogP contribution >= 0.6 is 7.75 Å². The number of hydrogen-bond acceptors (Lipinski definition) is 12. The Balaban J connectivity index is 1.40. The van der Waals surface area contributed by atoms with E-state index < -0.39 is 56.9 Å². The standard InChI is InChI=1S/C25H31F3N7O7P/c1-3-39-23(37)13(2)34-43(38,42-15-7-5-4-6-8-15)40-11-16-19(36)17(25(26,27)28)22(41-16)35-12-30-18-20(31-14-9-10-14)32-24(29)33-21(18)35/h4-8,12-14,16-17,19,22,36H,3,9-11H2,1-2H3,(H,34,38)(H3,29,31,32,33)/t13-,16+,17-,19+,22+,43?/m0/s1. The number of alkyl halides is 3. The highest BCUT2D eigenvalue weighted by atomic mass is 31.2. The van der Waals surface area contributed by atoms with Gasteiger partial charge in [0.05, 0.1) is 25.6 Å². The molecule has 2 fully saturated rings. The van der Waals surface area contributed by atoms with E-state index in [4.69, 9.17) is 24.3 Å². The summed E-state index contributed by atoms with van der Waals surface area (Å²) in [5, 5.41) is 16.4. The van der Waals surface area contributed by atoms with Crippen molar-refractivity contribution in [2.45, 2.75) is 63.4 Å². The van der Waals surface area contributed by atoms with Gasteiger partial charge in [0, 0.05) is 6.04 Å². The van der Waals surface area contributed by atoms with Gasteiger partial charge >= 0.3 is 19.9 Å². The summed E-state index contributed by atoms with van der Waals surface area (Å²) in [6.07, 6.45) is -7.67. The number of hydrogen-bond donors (Lipinski definition) is 4. The zero-order valence-electron chi connectivity index (χ0n) is 23.1. The van der Waals surface area contributed by atoms with Gasteiger partial charge in [-0.05, 0) is 38.8 Å². The van der Waals surface area contributed by atoms with Crippen LogP contribution in [0.2, 0.25) is 0 Å². The monoisotopic (exact) mass is 629 g/mol. The predicted octanol–water partition coefficient (Wildman–Crippen LogP) is 3.16. The number of carbonyl (C=O) groups is 1. The number of nitrogen functional groups attached to an aromatic ring is 1. The molecule has 1 aromatic carbocycles. The number of imidazole rings is 1. The van der Waals surface area contributed by atoms with Gasteiger partial charge in [-0.1, -0.05) is 18.2 Å².